The molecule has 4 heteroatoms. The van der Waals surface area contributed by atoms with Gasteiger partial charge < -0.3 is 9.84 Å². The first-order valence-corrected chi connectivity index (χ1v) is 6.44. The molecule has 1 fully saturated rings. The third-order valence-electron chi connectivity index (χ3n) is 3.21. The molecular formula is C14H19NO3. The second-order valence-electron chi connectivity index (χ2n) is 4.58. The predicted octanol–water partition coefficient (Wildman–Crippen LogP) is 2.25. The molecule has 1 N–H and O–H groups in total. The van der Waals surface area contributed by atoms with Crippen LogP contribution in [0.15, 0.2) is 24.3 Å². The van der Waals surface area contributed by atoms with Crippen molar-refractivity contribution in [2.45, 2.75) is 19.3 Å². The van der Waals surface area contributed by atoms with Crippen molar-refractivity contribution < 1.29 is 14.6 Å². The third kappa shape index (κ3) is 3.74. The molecule has 4 nitrogen and oxygen atoms in total. The van der Waals surface area contributed by atoms with E-state index in [0.717, 1.165) is 19.6 Å². The number of nitrogens with zero attached hydrogens (tertiary/aromatic N) is 1. The summed E-state index contributed by atoms with van der Waals surface area (Å²) in [6.45, 7) is 3.83. The maximum absolute atomic E-state index is 10.8. The molecule has 0 unspecified atom stereocenters. The Morgan fingerprint density at radius 3 is 2.78 bits per heavy atom. The second-order valence-corrected chi connectivity index (χ2v) is 4.58. The number of carboxylic acids is 1. The molecule has 18 heavy (non-hydrogen) atoms. The molecule has 2 rings (SSSR count). The number of hydrogen-bond acceptors (Lipinski definition) is 3. The molecule has 1 aromatic rings. The van der Waals surface area contributed by atoms with Crippen LogP contribution in [0.25, 0.3) is 0 Å². The van der Waals surface area contributed by atoms with E-state index in [0.29, 0.717) is 12.4 Å². The monoisotopic (exact) mass is 249 g/mol. The molecule has 98 valence electrons. The molecule has 1 aliphatic rings. The minimum Gasteiger partial charge on any atom is -0.492 e. The van der Waals surface area contributed by atoms with Crippen molar-refractivity contribution >= 4 is 5.97 Å². The number of ether oxygens (including phenoxy) is 1. The van der Waals surface area contributed by atoms with Crippen molar-refractivity contribution in [1.29, 1.82) is 0 Å². The van der Waals surface area contributed by atoms with Crippen molar-refractivity contribution in [3.63, 3.8) is 0 Å². The molecule has 0 atom stereocenters. The van der Waals surface area contributed by atoms with Crippen LogP contribution in [0.5, 0.6) is 5.75 Å². The second kappa shape index (κ2) is 6.40. The highest BCUT2D eigenvalue weighted by atomic mass is 16.5. The van der Waals surface area contributed by atoms with Gasteiger partial charge in [0.25, 0.3) is 0 Å². The van der Waals surface area contributed by atoms with E-state index >= 15 is 0 Å². The lowest BCUT2D eigenvalue weighted by atomic mass is 10.1. The lowest BCUT2D eigenvalue weighted by molar-refractivity contribution is 0.0696. The number of carbonyl (C=O) groups is 1. The van der Waals surface area contributed by atoms with Gasteiger partial charge in [0.1, 0.15) is 12.4 Å². The molecule has 0 saturated carbocycles. The summed E-state index contributed by atoms with van der Waals surface area (Å²) < 4.78 is 5.59. The zero-order chi connectivity index (χ0) is 12.8. The van der Waals surface area contributed by atoms with Crippen LogP contribution in [0.2, 0.25) is 0 Å². The van der Waals surface area contributed by atoms with Gasteiger partial charge in [0, 0.05) is 6.54 Å². The number of rotatable bonds is 5. The van der Waals surface area contributed by atoms with Gasteiger partial charge in [0.2, 0.25) is 0 Å². The molecule has 0 radical (unpaired) electrons. The van der Waals surface area contributed by atoms with Gasteiger partial charge >= 0.3 is 5.97 Å². The van der Waals surface area contributed by atoms with Crippen LogP contribution in [0, 0.1) is 0 Å². The van der Waals surface area contributed by atoms with Crippen LogP contribution in [0.3, 0.4) is 0 Å². The fourth-order valence-corrected chi connectivity index (χ4v) is 2.19. The molecule has 1 aromatic carbocycles. The van der Waals surface area contributed by atoms with E-state index in [1.54, 1.807) is 24.3 Å². The maximum atomic E-state index is 10.8. The summed E-state index contributed by atoms with van der Waals surface area (Å²) in [5.74, 6) is -0.289. The first-order chi connectivity index (χ1) is 8.75. The first-order valence-electron chi connectivity index (χ1n) is 6.44. The maximum Gasteiger partial charge on any atom is 0.335 e. The molecule has 1 saturated heterocycles. The van der Waals surface area contributed by atoms with Crippen LogP contribution in [-0.4, -0.2) is 42.2 Å². The highest BCUT2D eigenvalue weighted by molar-refractivity contribution is 5.87. The first kappa shape index (κ1) is 12.9. The van der Waals surface area contributed by atoms with E-state index in [9.17, 15) is 4.79 Å². The third-order valence-corrected chi connectivity index (χ3v) is 3.21. The number of benzene rings is 1. The predicted molar refractivity (Wildman–Crippen MR) is 69.2 cm³/mol. The summed E-state index contributed by atoms with van der Waals surface area (Å²) in [6, 6.07) is 6.64. The zero-order valence-corrected chi connectivity index (χ0v) is 10.5. The Balaban J connectivity index is 1.78. The molecular weight excluding hydrogens is 230 g/mol. The van der Waals surface area contributed by atoms with E-state index in [-0.39, 0.29) is 5.56 Å². The van der Waals surface area contributed by atoms with Gasteiger partial charge in [0.15, 0.2) is 0 Å². The van der Waals surface area contributed by atoms with Gasteiger partial charge in [-0.25, -0.2) is 4.79 Å². The molecule has 0 spiro atoms. The molecule has 0 amide bonds. The molecule has 1 aliphatic heterocycles. The summed E-state index contributed by atoms with van der Waals surface area (Å²) in [4.78, 5) is 13.2. The summed E-state index contributed by atoms with van der Waals surface area (Å²) in [6.07, 6.45) is 3.88. The van der Waals surface area contributed by atoms with Crippen LogP contribution in [0.1, 0.15) is 29.6 Å². The number of carboxylic acid groups (broad SMARTS) is 1. The van der Waals surface area contributed by atoms with Crippen LogP contribution >= 0.6 is 0 Å². The van der Waals surface area contributed by atoms with Crippen molar-refractivity contribution in [2.24, 2.45) is 0 Å². The summed E-state index contributed by atoms with van der Waals surface area (Å²) >= 11 is 0. The Hall–Kier alpha value is -1.55. The number of hydrogen-bond donors (Lipinski definition) is 1. The van der Waals surface area contributed by atoms with Crippen molar-refractivity contribution in [3.8, 4) is 5.75 Å². The normalized spacial score (nSPS) is 16.4. The zero-order valence-electron chi connectivity index (χ0n) is 10.5. The van der Waals surface area contributed by atoms with Gasteiger partial charge in [-0.15, -0.1) is 0 Å². The quantitative estimate of drug-likeness (QED) is 0.869. The van der Waals surface area contributed by atoms with Gasteiger partial charge in [-0.1, -0.05) is 12.5 Å². The summed E-state index contributed by atoms with van der Waals surface area (Å²) in [5, 5.41) is 8.87. The van der Waals surface area contributed by atoms with Crippen LogP contribution < -0.4 is 4.74 Å². The largest absolute Gasteiger partial charge is 0.492 e. The average molecular weight is 249 g/mol. The summed E-state index contributed by atoms with van der Waals surface area (Å²) in [5.41, 5.74) is 0.269. The fraction of sp³-hybridized carbons (Fsp3) is 0.500. The Labute approximate surface area is 107 Å². The van der Waals surface area contributed by atoms with Crippen molar-refractivity contribution in [2.75, 3.05) is 26.2 Å². The van der Waals surface area contributed by atoms with E-state index in [1.807, 2.05) is 0 Å². The lowest BCUT2D eigenvalue weighted by Crippen LogP contribution is -2.33. The van der Waals surface area contributed by atoms with E-state index in [2.05, 4.69) is 4.90 Å². The highest BCUT2D eigenvalue weighted by Gasteiger charge is 2.09. The van der Waals surface area contributed by atoms with Crippen LogP contribution in [0.4, 0.5) is 0 Å². The Kier molecular flexibility index (Phi) is 4.59. The average Bonchev–Trinajstić information content (AvgIpc) is 2.40. The Morgan fingerprint density at radius 2 is 2.06 bits per heavy atom. The summed E-state index contributed by atoms with van der Waals surface area (Å²) in [7, 11) is 0. The highest BCUT2D eigenvalue weighted by Crippen LogP contribution is 2.14. The van der Waals surface area contributed by atoms with E-state index in [4.69, 9.17) is 9.84 Å². The number of aromatic carboxylic acids is 1. The van der Waals surface area contributed by atoms with Gasteiger partial charge in [0.05, 0.1) is 5.56 Å². The standard InChI is InChI=1S/C14H19NO3/c16-14(17)12-5-4-6-13(11-12)18-10-9-15-7-2-1-3-8-15/h4-6,11H,1-3,7-10H2,(H,16,17). The van der Waals surface area contributed by atoms with E-state index < -0.39 is 5.97 Å². The lowest BCUT2D eigenvalue weighted by Gasteiger charge is -2.26. The van der Waals surface area contributed by atoms with Gasteiger partial charge in [-0.3, -0.25) is 4.90 Å². The van der Waals surface area contributed by atoms with Gasteiger partial charge in [-0.2, -0.15) is 0 Å². The minimum absolute atomic E-state index is 0.269. The fourth-order valence-electron chi connectivity index (χ4n) is 2.19. The molecule has 0 aromatic heterocycles. The number of piperidine rings is 1. The molecule has 0 aliphatic carbocycles. The topological polar surface area (TPSA) is 49.8 Å². The Bertz CT molecular complexity index is 400. The SMILES string of the molecule is O=C(O)c1cccc(OCCN2CCCCC2)c1. The smallest absolute Gasteiger partial charge is 0.335 e. The van der Waals surface area contributed by atoms with Crippen molar-refractivity contribution in [1.82, 2.24) is 4.90 Å². The molecule has 1 heterocycles. The minimum atomic E-state index is -0.920. The Morgan fingerprint density at radius 1 is 1.28 bits per heavy atom. The van der Waals surface area contributed by atoms with Crippen LogP contribution in [-0.2, 0) is 0 Å². The van der Waals surface area contributed by atoms with E-state index in [1.165, 1.54) is 19.3 Å². The van der Waals surface area contributed by atoms with Gasteiger partial charge in [-0.05, 0) is 44.1 Å². The molecule has 0 bridgehead atoms. The number of likely N-dealkylation sites (tertiary alicyclic amines) is 1. The van der Waals surface area contributed by atoms with Crippen molar-refractivity contribution in [3.05, 3.63) is 29.8 Å².